The second-order valence-electron chi connectivity index (χ2n) is 4.55. The highest BCUT2D eigenvalue weighted by atomic mass is 79.9. The first-order valence-electron chi connectivity index (χ1n) is 6.01. The van der Waals surface area contributed by atoms with Crippen molar-refractivity contribution in [2.75, 3.05) is 7.05 Å². The molecule has 0 bridgehead atoms. The first kappa shape index (κ1) is 16.1. The van der Waals surface area contributed by atoms with Gasteiger partial charge in [0.1, 0.15) is 5.82 Å². The number of halogens is 4. The Balaban J connectivity index is 2.55. The molecule has 0 aliphatic heterocycles. The van der Waals surface area contributed by atoms with Gasteiger partial charge in [-0.1, -0.05) is 47.8 Å². The van der Waals surface area contributed by atoms with Gasteiger partial charge in [0.2, 0.25) is 0 Å². The highest BCUT2D eigenvalue weighted by Crippen LogP contribution is 2.34. The molecule has 0 aliphatic rings. The predicted octanol–water partition coefficient (Wildman–Crippen LogP) is 5.73. The lowest BCUT2D eigenvalue weighted by molar-refractivity contribution is 0.615. The number of aryl methyl sites for hydroxylation is 1. The van der Waals surface area contributed by atoms with Gasteiger partial charge in [0.05, 0.1) is 6.04 Å². The molecule has 2 aromatic rings. The molecule has 1 atom stereocenters. The van der Waals surface area contributed by atoms with E-state index in [1.807, 2.05) is 20.0 Å². The van der Waals surface area contributed by atoms with Crippen LogP contribution in [-0.2, 0) is 0 Å². The standard InChI is InChI=1S/C15H13Br3FN/c1-8-3-14(18)12(7-13(8)17)15(20-2)9-4-10(16)6-11(19)5-9/h3-7,15,20H,1-2H3. The summed E-state index contributed by atoms with van der Waals surface area (Å²) in [6.07, 6.45) is 0. The van der Waals surface area contributed by atoms with Crippen LogP contribution in [0.3, 0.4) is 0 Å². The highest BCUT2D eigenvalue weighted by Gasteiger charge is 2.17. The van der Waals surface area contributed by atoms with Crippen molar-refractivity contribution in [3.8, 4) is 0 Å². The Morgan fingerprint density at radius 2 is 1.70 bits per heavy atom. The topological polar surface area (TPSA) is 12.0 Å². The molecule has 0 fully saturated rings. The second kappa shape index (κ2) is 6.69. The van der Waals surface area contributed by atoms with Crippen molar-refractivity contribution in [3.05, 3.63) is 66.3 Å². The van der Waals surface area contributed by atoms with E-state index in [1.165, 1.54) is 6.07 Å². The zero-order valence-corrected chi connectivity index (χ0v) is 15.7. The van der Waals surface area contributed by atoms with Gasteiger partial charge in [-0.25, -0.2) is 4.39 Å². The molecular formula is C15H13Br3FN. The van der Waals surface area contributed by atoms with Crippen LogP contribution in [0, 0.1) is 12.7 Å². The molecule has 0 spiro atoms. The van der Waals surface area contributed by atoms with Gasteiger partial charge in [-0.15, -0.1) is 0 Å². The lowest BCUT2D eigenvalue weighted by atomic mass is 9.98. The van der Waals surface area contributed by atoms with E-state index < -0.39 is 0 Å². The maximum Gasteiger partial charge on any atom is 0.124 e. The summed E-state index contributed by atoms with van der Waals surface area (Å²) in [5, 5.41) is 3.24. The van der Waals surface area contributed by atoms with E-state index in [2.05, 4.69) is 65.2 Å². The van der Waals surface area contributed by atoms with Gasteiger partial charge in [-0.3, -0.25) is 0 Å². The minimum absolute atomic E-state index is 0.0896. The smallest absolute Gasteiger partial charge is 0.124 e. The Kier molecular flexibility index (Phi) is 5.40. The van der Waals surface area contributed by atoms with Gasteiger partial charge >= 0.3 is 0 Å². The van der Waals surface area contributed by atoms with Crippen LogP contribution in [-0.4, -0.2) is 7.05 Å². The van der Waals surface area contributed by atoms with E-state index in [0.29, 0.717) is 0 Å². The number of rotatable bonds is 3. The molecule has 1 nitrogen and oxygen atoms in total. The van der Waals surface area contributed by atoms with Crippen LogP contribution in [0.4, 0.5) is 4.39 Å². The number of benzene rings is 2. The van der Waals surface area contributed by atoms with E-state index in [9.17, 15) is 4.39 Å². The van der Waals surface area contributed by atoms with Gasteiger partial charge in [-0.2, -0.15) is 0 Å². The Hall–Kier alpha value is -0.230. The maximum atomic E-state index is 13.6. The molecule has 1 unspecified atom stereocenters. The summed E-state index contributed by atoms with van der Waals surface area (Å²) in [5.41, 5.74) is 3.08. The Morgan fingerprint density at radius 1 is 1.00 bits per heavy atom. The van der Waals surface area contributed by atoms with Crippen molar-refractivity contribution in [3.63, 3.8) is 0 Å². The third-order valence-electron chi connectivity index (χ3n) is 3.10. The van der Waals surface area contributed by atoms with E-state index >= 15 is 0 Å². The fraction of sp³-hybridized carbons (Fsp3) is 0.200. The number of hydrogen-bond acceptors (Lipinski definition) is 1. The lowest BCUT2D eigenvalue weighted by Crippen LogP contribution is -2.18. The molecule has 20 heavy (non-hydrogen) atoms. The summed E-state index contributed by atoms with van der Waals surface area (Å²) in [6.45, 7) is 2.03. The van der Waals surface area contributed by atoms with Crippen molar-refractivity contribution in [1.82, 2.24) is 5.32 Å². The third-order valence-corrected chi connectivity index (χ3v) is 5.09. The molecule has 0 aliphatic carbocycles. The molecule has 0 heterocycles. The van der Waals surface area contributed by atoms with Gasteiger partial charge in [0.15, 0.2) is 0 Å². The van der Waals surface area contributed by atoms with Crippen LogP contribution in [0.15, 0.2) is 43.7 Å². The van der Waals surface area contributed by atoms with E-state index in [1.54, 1.807) is 6.07 Å². The van der Waals surface area contributed by atoms with Crippen LogP contribution in [0.1, 0.15) is 22.7 Å². The van der Waals surface area contributed by atoms with Gasteiger partial charge in [0, 0.05) is 13.4 Å². The molecule has 2 aromatic carbocycles. The summed E-state index contributed by atoms with van der Waals surface area (Å²) in [5.74, 6) is -0.253. The Morgan fingerprint density at radius 3 is 2.30 bits per heavy atom. The largest absolute Gasteiger partial charge is 0.309 e. The van der Waals surface area contributed by atoms with Crippen LogP contribution >= 0.6 is 47.8 Å². The van der Waals surface area contributed by atoms with Gasteiger partial charge in [0.25, 0.3) is 0 Å². The van der Waals surface area contributed by atoms with Crippen molar-refractivity contribution >= 4 is 47.8 Å². The van der Waals surface area contributed by atoms with E-state index in [0.717, 1.165) is 30.1 Å². The van der Waals surface area contributed by atoms with Crippen LogP contribution in [0.25, 0.3) is 0 Å². The summed E-state index contributed by atoms with van der Waals surface area (Å²) in [4.78, 5) is 0. The summed E-state index contributed by atoms with van der Waals surface area (Å²) in [6, 6.07) is 8.94. The first-order chi connectivity index (χ1) is 9.42. The first-order valence-corrected chi connectivity index (χ1v) is 8.39. The Labute approximate surface area is 143 Å². The zero-order valence-electron chi connectivity index (χ0n) is 11.0. The van der Waals surface area contributed by atoms with Crippen molar-refractivity contribution in [1.29, 1.82) is 0 Å². The quantitative estimate of drug-likeness (QED) is 0.610. The molecule has 2 rings (SSSR count). The van der Waals surface area contributed by atoms with Crippen molar-refractivity contribution < 1.29 is 4.39 Å². The SMILES string of the molecule is CNC(c1cc(F)cc(Br)c1)c1cc(Br)c(C)cc1Br. The molecule has 0 aromatic heterocycles. The molecular weight excluding hydrogens is 453 g/mol. The van der Waals surface area contributed by atoms with Crippen LogP contribution in [0.2, 0.25) is 0 Å². The molecule has 5 heteroatoms. The van der Waals surface area contributed by atoms with Gasteiger partial charge in [-0.05, 0) is 61.0 Å². The maximum absolute atomic E-state index is 13.6. The number of hydrogen-bond donors (Lipinski definition) is 1. The van der Waals surface area contributed by atoms with Crippen LogP contribution < -0.4 is 5.32 Å². The fourth-order valence-corrected chi connectivity index (χ4v) is 3.66. The molecule has 0 saturated carbocycles. The van der Waals surface area contributed by atoms with E-state index in [4.69, 9.17) is 0 Å². The molecule has 0 radical (unpaired) electrons. The van der Waals surface area contributed by atoms with Crippen molar-refractivity contribution in [2.45, 2.75) is 13.0 Å². The summed E-state index contributed by atoms with van der Waals surface area (Å²) in [7, 11) is 1.86. The minimum Gasteiger partial charge on any atom is -0.309 e. The Bertz CT molecular complexity index is 623. The summed E-state index contributed by atoms with van der Waals surface area (Å²) < 4.78 is 16.4. The minimum atomic E-state index is -0.253. The third kappa shape index (κ3) is 3.50. The predicted molar refractivity (Wildman–Crippen MR) is 91.6 cm³/mol. The van der Waals surface area contributed by atoms with E-state index in [-0.39, 0.29) is 11.9 Å². The average molecular weight is 466 g/mol. The number of nitrogens with one attached hydrogen (secondary N) is 1. The average Bonchev–Trinajstić information content (AvgIpc) is 2.35. The molecule has 106 valence electrons. The van der Waals surface area contributed by atoms with Crippen LogP contribution in [0.5, 0.6) is 0 Å². The zero-order chi connectivity index (χ0) is 14.9. The highest BCUT2D eigenvalue weighted by molar-refractivity contribution is 9.11. The van der Waals surface area contributed by atoms with Crippen molar-refractivity contribution in [2.24, 2.45) is 0 Å². The summed E-state index contributed by atoms with van der Waals surface area (Å²) >= 11 is 10.5. The van der Waals surface area contributed by atoms with Gasteiger partial charge < -0.3 is 5.32 Å². The second-order valence-corrected chi connectivity index (χ2v) is 7.17. The fourth-order valence-electron chi connectivity index (χ4n) is 2.13. The molecule has 1 N–H and O–H groups in total. The normalized spacial score (nSPS) is 12.5. The molecule has 0 amide bonds. The lowest BCUT2D eigenvalue weighted by Gasteiger charge is -2.20. The monoisotopic (exact) mass is 463 g/mol. The molecule has 0 saturated heterocycles.